The minimum Gasteiger partial charge on any atom is -0.382 e. The van der Waals surface area contributed by atoms with Crippen molar-refractivity contribution in [1.29, 1.82) is 0 Å². The first kappa shape index (κ1) is 6.84. The Morgan fingerprint density at radius 3 is 2.83 bits per heavy atom. The largest absolute Gasteiger partial charge is 0.382 e. The van der Waals surface area contributed by atoms with Crippen molar-refractivity contribution in [3.8, 4) is 11.5 Å². The third-order valence-electron chi connectivity index (χ3n) is 1.72. The average molecular weight is 164 g/mol. The number of imidazole rings is 1. The Hall–Kier alpha value is -1.85. The second kappa shape index (κ2) is 2.07. The van der Waals surface area contributed by atoms with Crippen molar-refractivity contribution in [2.24, 2.45) is 7.05 Å². The van der Waals surface area contributed by atoms with E-state index in [-0.39, 0.29) is 0 Å². The van der Waals surface area contributed by atoms with Crippen LogP contribution in [0.4, 0.5) is 11.8 Å². The number of rotatable bonds is 0. The van der Waals surface area contributed by atoms with Crippen LogP contribution in [0, 0.1) is 0 Å². The zero-order chi connectivity index (χ0) is 8.72. The van der Waals surface area contributed by atoms with Crippen LogP contribution in [0.2, 0.25) is 0 Å². The predicted octanol–water partition coefficient (Wildman–Crippen LogP) is -0.521. The summed E-state index contributed by atoms with van der Waals surface area (Å²) in [6.07, 6.45) is 1.43. The molecule has 12 heavy (non-hydrogen) atoms. The van der Waals surface area contributed by atoms with Crippen molar-refractivity contribution in [1.82, 2.24) is 19.5 Å². The lowest BCUT2D eigenvalue weighted by Crippen LogP contribution is -2.10. The van der Waals surface area contributed by atoms with Crippen molar-refractivity contribution in [2.75, 3.05) is 11.5 Å². The first-order valence-corrected chi connectivity index (χ1v) is 3.38. The minimum absolute atomic E-state index is 0.318. The smallest absolute Gasteiger partial charge is 0.203 e. The van der Waals surface area contributed by atoms with Gasteiger partial charge in [-0.3, -0.25) is 4.57 Å². The Balaban J connectivity index is 2.86. The second-order valence-corrected chi connectivity index (χ2v) is 2.46. The minimum atomic E-state index is 0.318. The topological polar surface area (TPSA) is 95.6 Å². The van der Waals surface area contributed by atoms with Crippen LogP contribution in [0.15, 0.2) is 6.33 Å². The summed E-state index contributed by atoms with van der Waals surface area (Å²) in [5.74, 6) is 1.30. The fourth-order valence-corrected chi connectivity index (χ4v) is 1.05. The van der Waals surface area contributed by atoms with Crippen LogP contribution in [0.3, 0.4) is 0 Å². The number of nitrogens with zero attached hydrogens (tertiary/aromatic N) is 4. The Morgan fingerprint density at radius 1 is 1.33 bits per heavy atom. The molecule has 0 aromatic carbocycles. The molecule has 0 radical (unpaired) electrons. The number of fused-ring (bicyclic) bond motifs is 1. The normalized spacial score (nSPS) is 10.8. The molecule has 0 unspecified atom stereocenters. The van der Waals surface area contributed by atoms with Gasteiger partial charge in [0.2, 0.25) is 5.95 Å². The van der Waals surface area contributed by atoms with Crippen LogP contribution in [0.1, 0.15) is 0 Å². The molecular weight excluding hydrogens is 156 g/mol. The van der Waals surface area contributed by atoms with Gasteiger partial charge in [0, 0.05) is 7.05 Å². The number of hydrogen-bond donors (Lipinski definition) is 2. The molecule has 2 rings (SSSR count). The molecule has 0 aliphatic carbocycles. The number of nitrogens with two attached hydrogens (primary N) is 2. The van der Waals surface area contributed by atoms with Crippen LogP contribution < -0.4 is 11.5 Å². The maximum absolute atomic E-state index is 5.56. The fraction of sp³-hybridized carbons (Fsp3) is 0.167. The summed E-state index contributed by atoms with van der Waals surface area (Å²) >= 11 is 0. The maximum Gasteiger partial charge on any atom is 0.203 e. The van der Waals surface area contributed by atoms with E-state index in [1.165, 1.54) is 6.33 Å². The number of hydrogen-bond acceptors (Lipinski definition) is 5. The summed E-state index contributed by atoms with van der Waals surface area (Å²) in [6, 6.07) is 0. The van der Waals surface area contributed by atoms with Crippen molar-refractivity contribution < 1.29 is 0 Å². The summed E-state index contributed by atoms with van der Waals surface area (Å²) in [5, 5.41) is 0. The van der Waals surface area contributed by atoms with Crippen molar-refractivity contribution in [2.45, 2.75) is 0 Å². The van der Waals surface area contributed by atoms with Crippen LogP contribution in [-0.4, -0.2) is 19.5 Å². The highest BCUT2D eigenvalue weighted by Gasteiger charge is 2.14. The Labute approximate surface area is 68.6 Å². The molecule has 0 aromatic rings. The molecular formula is C6H8N6. The highest BCUT2D eigenvalue weighted by atomic mass is 15.2. The van der Waals surface area contributed by atoms with Crippen molar-refractivity contribution in [3.05, 3.63) is 6.33 Å². The number of nitrogen functional groups attached to an aromatic ring is 2. The maximum atomic E-state index is 5.56. The molecule has 6 nitrogen and oxygen atoms in total. The molecule has 2 heterocycles. The molecule has 0 fully saturated rings. The zero-order valence-electron chi connectivity index (χ0n) is 6.52. The summed E-state index contributed by atoms with van der Waals surface area (Å²) in [6.45, 7) is 0. The van der Waals surface area contributed by atoms with Crippen LogP contribution >= 0.6 is 0 Å². The molecule has 0 saturated carbocycles. The number of aromatic nitrogens is 4. The van der Waals surface area contributed by atoms with Gasteiger partial charge < -0.3 is 11.5 Å². The Kier molecular flexibility index (Phi) is 1.18. The molecule has 0 bridgehead atoms. The highest BCUT2D eigenvalue weighted by Crippen LogP contribution is 2.22. The van der Waals surface area contributed by atoms with Crippen LogP contribution in [-0.2, 0) is 7.05 Å². The lowest BCUT2D eigenvalue weighted by atomic mass is 10.4. The van der Waals surface area contributed by atoms with E-state index in [0.717, 1.165) is 0 Å². The lowest BCUT2D eigenvalue weighted by Gasteiger charge is -2.08. The van der Waals surface area contributed by atoms with E-state index in [1.807, 2.05) is 0 Å². The van der Waals surface area contributed by atoms with Crippen LogP contribution in [0.5, 0.6) is 0 Å². The predicted molar refractivity (Wildman–Crippen MR) is 44.2 cm³/mol. The van der Waals surface area contributed by atoms with E-state index in [9.17, 15) is 0 Å². The van der Waals surface area contributed by atoms with Crippen LogP contribution in [0.25, 0.3) is 11.5 Å². The van der Waals surface area contributed by atoms with E-state index in [0.29, 0.717) is 23.3 Å². The third-order valence-corrected chi connectivity index (χ3v) is 1.72. The molecule has 2 aliphatic rings. The van der Waals surface area contributed by atoms with E-state index < -0.39 is 0 Å². The van der Waals surface area contributed by atoms with Gasteiger partial charge in [0.05, 0.1) is 0 Å². The van der Waals surface area contributed by atoms with Crippen molar-refractivity contribution in [3.63, 3.8) is 0 Å². The summed E-state index contributed by atoms with van der Waals surface area (Å²) in [4.78, 5) is 11.8. The Bertz CT molecular complexity index is 392. The molecule has 2 aliphatic heterocycles. The van der Waals surface area contributed by atoms with E-state index in [4.69, 9.17) is 11.5 Å². The second-order valence-electron chi connectivity index (χ2n) is 2.46. The fourth-order valence-electron chi connectivity index (χ4n) is 1.05. The van der Waals surface area contributed by atoms with Gasteiger partial charge in [-0.2, -0.15) is 4.98 Å². The first-order valence-electron chi connectivity index (χ1n) is 3.38. The van der Waals surface area contributed by atoms with Gasteiger partial charge in [-0.1, -0.05) is 0 Å². The van der Waals surface area contributed by atoms with Gasteiger partial charge in [0.15, 0.2) is 11.6 Å². The van der Waals surface area contributed by atoms with Gasteiger partial charge in [0.25, 0.3) is 0 Å². The van der Waals surface area contributed by atoms with Gasteiger partial charge >= 0.3 is 0 Å². The van der Waals surface area contributed by atoms with Crippen molar-refractivity contribution >= 4 is 11.8 Å². The van der Waals surface area contributed by atoms with Gasteiger partial charge in [-0.15, -0.1) is 0 Å². The third kappa shape index (κ3) is 0.714. The molecule has 4 N–H and O–H groups in total. The quantitative estimate of drug-likeness (QED) is 0.546. The summed E-state index contributed by atoms with van der Waals surface area (Å²) < 4.78 is 1.64. The van der Waals surface area contributed by atoms with E-state index in [1.54, 1.807) is 11.6 Å². The monoisotopic (exact) mass is 164 g/mol. The standard InChI is InChI=1S/C6H8N6/c1-12-5-3(9-2-10-5)4(7)11-6(12)8/h2H,7H2,1H3,(H2,8,11). The molecule has 0 amide bonds. The number of anilines is 2. The summed E-state index contributed by atoms with van der Waals surface area (Å²) in [7, 11) is 1.76. The molecule has 0 aromatic heterocycles. The summed E-state index contributed by atoms with van der Waals surface area (Å²) in [5.41, 5.74) is 11.7. The lowest BCUT2D eigenvalue weighted by molar-refractivity contribution is 0.874. The van der Waals surface area contributed by atoms with Gasteiger partial charge in [-0.05, 0) is 0 Å². The zero-order valence-corrected chi connectivity index (χ0v) is 6.52. The molecule has 6 heteroatoms. The van der Waals surface area contributed by atoms with E-state index >= 15 is 0 Å². The molecule has 62 valence electrons. The molecule has 0 saturated heterocycles. The van der Waals surface area contributed by atoms with E-state index in [2.05, 4.69) is 15.0 Å². The molecule has 0 atom stereocenters. The average Bonchev–Trinajstić information content (AvgIpc) is 2.48. The Morgan fingerprint density at radius 2 is 2.08 bits per heavy atom. The SMILES string of the molecule is Cn1c(N)nc(N)c2ncnc1-2. The highest BCUT2D eigenvalue weighted by molar-refractivity contribution is 5.66. The van der Waals surface area contributed by atoms with Gasteiger partial charge in [-0.25, -0.2) is 9.97 Å². The molecule has 0 spiro atoms. The van der Waals surface area contributed by atoms with Gasteiger partial charge in [0.1, 0.15) is 12.0 Å². The first-order chi connectivity index (χ1) is 5.70.